The number of carbonyl (C=O) groups excluding carboxylic acids is 1. The van der Waals surface area contributed by atoms with Gasteiger partial charge in [0.15, 0.2) is 11.5 Å². The third-order valence-electron chi connectivity index (χ3n) is 4.14. The van der Waals surface area contributed by atoms with Crippen LogP contribution in [0.25, 0.3) is 0 Å². The molecular weight excluding hydrogens is 403 g/mol. The van der Waals surface area contributed by atoms with Gasteiger partial charge in [0, 0.05) is 19.7 Å². The molecule has 0 bridgehead atoms. The van der Waals surface area contributed by atoms with Crippen LogP contribution in [0.5, 0.6) is 11.5 Å². The van der Waals surface area contributed by atoms with Crippen LogP contribution in [-0.4, -0.2) is 54.3 Å². The van der Waals surface area contributed by atoms with Gasteiger partial charge in [0.1, 0.15) is 25.6 Å². The Labute approximate surface area is 168 Å². The van der Waals surface area contributed by atoms with Crippen molar-refractivity contribution in [3.63, 3.8) is 0 Å². The zero-order valence-electron chi connectivity index (χ0n) is 15.8. The molecule has 3 rings (SSSR count). The SMILES string of the molecule is COCCNC(=O)CN(c1ccccc1F)S(=O)(=O)c1ccc2c(c1)OCCO2. The molecule has 0 fully saturated rings. The second-order valence-electron chi connectivity index (χ2n) is 6.11. The van der Waals surface area contributed by atoms with Crippen LogP contribution in [0.2, 0.25) is 0 Å². The average Bonchev–Trinajstić information content (AvgIpc) is 2.72. The van der Waals surface area contributed by atoms with Gasteiger partial charge in [-0.2, -0.15) is 0 Å². The van der Waals surface area contributed by atoms with Crippen LogP contribution in [0.15, 0.2) is 47.4 Å². The van der Waals surface area contributed by atoms with Gasteiger partial charge in [0.25, 0.3) is 10.0 Å². The summed E-state index contributed by atoms with van der Waals surface area (Å²) in [6, 6.07) is 9.47. The summed E-state index contributed by atoms with van der Waals surface area (Å²) >= 11 is 0. The fraction of sp³-hybridized carbons (Fsp3) is 0.316. The zero-order chi connectivity index (χ0) is 20.9. The van der Waals surface area contributed by atoms with Crippen LogP contribution in [0, 0.1) is 5.82 Å². The lowest BCUT2D eigenvalue weighted by molar-refractivity contribution is -0.119. The molecule has 29 heavy (non-hydrogen) atoms. The highest BCUT2D eigenvalue weighted by molar-refractivity contribution is 7.92. The summed E-state index contributed by atoms with van der Waals surface area (Å²) in [4.78, 5) is 12.1. The van der Waals surface area contributed by atoms with Crippen LogP contribution in [0.3, 0.4) is 0 Å². The lowest BCUT2D eigenvalue weighted by Crippen LogP contribution is -2.42. The van der Waals surface area contributed by atoms with E-state index in [9.17, 15) is 17.6 Å². The standard InChI is InChI=1S/C19H21FN2O6S/c1-26-9-8-21-19(23)13-22(16-5-3-2-4-15(16)20)29(24,25)14-6-7-17-18(12-14)28-11-10-27-17/h2-7,12H,8-11,13H2,1H3,(H,21,23). The van der Waals surface area contributed by atoms with Gasteiger partial charge >= 0.3 is 0 Å². The molecule has 8 nitrogen and oxygen atoms in total. The number of halogens is 1. The number of hydrogen-bond acceptors (Lipinski definition) is 6. The Hall–Kier alpha value is -2.85. The summed E-state index contributed by atoms with van der Waals surface area (Å²) in [5.74, 6) is -0.662. The van der Waals surface area contributed by atoms with Gasteiger partial charge in [-0.3, -0.25) is 9.10 Å². The molecule has 0 aliphatic carbocycles. The highest BCUT2D eigenvalue weighted by Crippen LogP contribution is 2.34. The van der Waals surface area contributed by atoms with Gasteiger partial charge in [-0.15, -0.1) is 0 Å². The Kier molecular flexibility index (Phi) is 6.55. The molecule has 2 aromatic carbocycles. The van der Waals surface area contributed by atoms with Crippen molar-refractivity contribution in [3.05, 3.63) is 48.3 Å². The lowest BCUT2D eigenvalue weighted by Gasteiger charge is -2.25. The maximum absolute atomic E-state index is 14.4. The molecule has 0 saturated carbocycles. The van der Waals surface area contributed by atoms with E-state index < -0.39 is 28.3 Å². The summed E-state index contributed by atoms with van der Waals surface area (Å²) < 4.78 is 57.4. The van der Waals surface area contributed by atoms with E-state index in [1.807, 2.05) is 0 Å². The molecule has 2 aromatic rings. The topological polar surface area (TPSA) is 94.2 Å². The van der Waals surface area contributed by atoms with Crippen LogP contribution in [0.1, 0.15) is 0 Å². The predicted molar refractivity (Wildman–Crippen MR) is 103 cm³/mol. The third-order valence-corrected chi connectivity index (χ3v) is 5.89. The summed E-state index contributed by atoms with van der Waals surface area (Å²) in [6.45, 7) is 0.518. The molecule has 0 saturated heterocycles. The van der Waals surface area contributed by atoms with Gasteiger partial charge in [0.05, 0.1) is 17.2 Å². The number of amides is 1. The van der Waals surface area contributed by atoms with E-state index in [1.54, 1.807) is 0 Å². The first-order valence-electron chi connectivity index (χ1n) is 8.86. The third kappa shape index (κ3) is 4.77. The van der Waals surface area contributed by atoms with Crippen molar-refractivity contribution in [2.24, 2.45) is 0 Å². The van der Waals surface area contributed by atoms with Crippen LogP contribution in [0.4, 0.5) is 10.1 Å². The van der Waals surface area contributed by atoms with Crippen molar-refractivity contribution in [1.82, 2.24) is 5.32 Å². The molecule has 0 spiro atoms. The Morgan fingerprint density at radius 2 is 1.90 bits per heavy atom. The number of rotatable bonds is 8. The Bertz CT molecular complexity index is 982. The summed E-state index contributed by atoms with van der Waals surface area (Å²) in [5, 5.41) is 2.54. The van der Waals surface area contributed by atoms with Crippen molar-refractivity contribution in [2.45, 2.75) is 4.90 Å². The minimum atomic E-state index is -4.27. The molecule has 156 valence electrons. The Balaban J connectivity index is 1.96. The number of methoxy groups -OCH3 is 1. The quantitative estimate of drug-likeness (QED) is 0.647. The molecule has 1 aliphatic heterocycles. The van der Waals surface area contributed by atoms with E-state index in [0.717, 1.165) is 10.4 Å². The molecule has 0 atom stereocenters. The maximum Gasteiger partial charge on any atom is 0.265 e. The number of nitrogens with zero attached hydrogens (tertiary/aromatic N) is 1. The van der Waals surface area contributed by atoms with Crippen LogP contribution in [-0.2, 0) is 19.6 Å². The van der Waals surface area contributed by atoms with Crippen molar-refractivity contribution >= 4 is 21.6 Å². The first-order chi connectivity index (χ1) is 13.9. The van der Waals surface area contributed by atoms with Gasteiger partial charge < -0.3 is 19.5 Å². The summed E-state index contributed by atoms with van der Waals surface area (Å²) in [6.07, 6.45) is 0. The lowest BCUT2D eigenvalue weighted by atomic mass is 10.3. The first kappa shape index (κ1) is 20.9. The number of anilines is 1. The number of nitrogens with one attached hydrogen (secondary N) is 1. The molecule has 0 aromatic heterocycles. The number of fused-ring (bicyclic) bond motifs is 1. The fourth-order valence-corrected chi connectivity index (χ4v) is 4.19. The Morgan fingerprint density at radius 1 is 1.17 bits per heavy atom. The molecule has 1 heterocycles. The molecule has 10 heteroatoms. The van der Waals surface area contributed by atoms with Gasteiger partial charge in [-0.1, -0.05) is 12.1 Å². The predicted octanol–water partition coefficient (Wildman–Crippen LogP) is 1.55. The summed E-state index contributed by atoms with van der Waals surface area (Å²) in [5.41, 5.74) is -0.232. The number of hydrogen-bond donors (Lipinski definition) is 1. The molecule has 0 unspecified atom stereocenters. The monoisotopic (exact) mass is 424 g/mol. The molecule has 0 radical (unpaired) electrons. The van der Waals surface area contributed by atoms with E-state index in [-0.39, 0.29) is 36.1 Å². The van der Waals surface area contributed by atoms with E-state index in [1.165, 1.54) is 43.5 Å². The minimum Gasteiger partial charge on any atom is -0.486 e. The van der Waals surface area contributed by atoms with Gasteiger partial charge in [-0.05, 0) is 24.3 Å². The number of benzene rings is 2. The van der Waals surface area contributed by atoms with Crippen LogP contribution >= 0.6 is 0 Å². The normalized spacial score (nSPS) is 13.0. The highest BCUT2D eigenvalue weighted by atomic mass is 32.2. The van der Waals surface area contributed by atoms with Crippen molar-refractivity contribution in [2.75, 3.05) is 44.3 Å². The molecule has 1 amide bonds. The Morgan fingerprint density at radius 3 is 2.62 bits per heavy atom. The second kappa shape index (κ2) is 9.10. The fourth-order valence-electron chi connectivity index (χ4n) is 2.74. The second-order valence-corrected chi connectivity index (χ2v) is 7.97. The minimum absolute atomic E-state index is 0.144. The maximum atomic E-state index is 14.4. The number of para-hydroxylation sites is 1. The van der Waals surface area contributed by atoms with Gasteiger partial charge in [-0.25, -0.2) is 12.8 Å². The van der Waals surface area contributed by atoms with E-state index >= 15 is 0 Å². The van der Waals surface area contributed by atoms with Crippen molar-refractivity contribution in [1.29, 1.82) is 0 Å². The molecule has 1 aliphatic rings. The van der Waals surface area contributed by atoms with E-state index in [2.05, 4.69) is 5.32 Å². The molecular formula is C19H21FN2O6S. The average molecular weight is 424 g/mol. The first-order valence-corrected chi connectivity index (χ1v) is 10.3. The number of carbonyl (C=O) groups is 1. The van der Waals surface area contributed by atoms with Crippen molar-refractivity contribution in [3.8, 4) is 11.5 Å². The van der Waals surface area contributed by atoms with E-state index in [4.69, 9.17) is 14.2 Å². The zero-order valence-corrected chi connectivity index (χ0v) is 16.6. The van der Waals surface area contributed by atoms with E-state index in [0.29, 0.717) is 12.4 Å². The smallest absolute Gasteiger partial charge is 0.265 e. The number of sulfonamides is 1. The highest BCUT2D eigenvalue weighted by Gasteiger charge is 2.30. The largest absolute Gasteiger partial charge is 0.486 e. The number of ether oxygens (including phenoxy) is 3. The van der Waals surface area contributed by atoms with Crippen molar-refractivity contribution < 1.29 is 31.8 Å². The summed E-state index contributed by atoms with van der Waals surface area (Å²) in [7, 11) is -2.79. The van der Waals surface area contributed by atoms with Gasteiger partial charge in [0.2, 0.25) is 5.91 Å². The van der Waals surface area contributed by atoms with Crippen LogP contribution < -0.4 is 19.1 Å². The molecule has 1 N–H and O–H groups in total.